The molecule has 22 heavy (non-hydrogen) atoms. The molecule has 0 radical (unpaired) electrons. The van der Waals surface area contributed by atoms with Crippen molar-refractivity contribution in [1.29, 1.82) is 0 Å². The van der Waals surface area contributed by atoms with Crippen molar-refractivity contribution >= 4 is 12.4 Å². The van der Waals surface area contributed by atoms with Crippen LogP contribution >= 0.6 is 12.4 Å². The minimum Gasteiger partial charge on any atom is -0.489 e. The third-order valence-electron chi connectivity index (χ3n) is 4.03. The van der Waals surface area contributed by atoms with Gasteiger partial charge in [0, 0.05) is 12.6 Å². The summed E-state index contributed by atoms with van der Waals surface area (Å²) in [5.74, 6) is 0.824. The summed E-state index contributed by atoms with van der Waals surface area (Å²) < 4.78 is 5.77. The highest BCUT2D eigenvalue weighted by Crippen LogP contribution is 2.31. The first-order chi connectivity index (χ1) is 10.2. The van der Waals surface area contributed by atoms with Crippen molar-refractivity contribution in [2.24, 2.45) is 0 Å². The molecule has 1 aliphatic rings. The van der Waals surface area contributed by atoms with E-state index in [0.717, 1.165) is 23.3 Å². The monoisotopic (exact) mass is 319 g/mol. The summed E-state index contributed by atoms with van der Waals surface area (Å²) in [7, 11) is 0. The first-order valence-corrected chi connectivity index (χ1v) is 7.39. The standard InChI is InChI=1S/C18H21NO2.ClH/c1-14-11-18(20,13-19-14)16-7-9-17(10-8-16)21-12-15-5-3-2-4-6-15;/h2-10,14,19-20H,11-13H2,1H3;1H. The first-order valence-electron chi connectivity index (χ1n) is 7.39. The third-order valence-corrected chi connectivity index (χ3v) is 4.03. The van der Waals surface area contributed by atoms with Crippen LogP contribution in [0.1, 0.15) is 24.5 Å². The molecule has 2 N–H and O–H groups in total. The molecule has 0 spiro atoms. The zero-order valence-corrected chi connectivity index (χ0v) is 13.5. The van der Waals surface area contributed by atoms with Crippen LogP contribution in [0.15, 0.2) is 54.6 Å². The van der Waals surface area contributed by atoms with E-state index in [0.29, 0.717) is 19.2 Å². The normalized spacial score (nSPS) is 23.8. The van der Waals surface area contributed by atoms with E-state index in [2.05, 4.69) is 12.2 Å². The lowest BCUT2D eigenvalue weighted by molar-refractivity contribution is 0.0564. The Morgan fingerprint density at radius 2 is 1.82 bits per heavy atom. The van der Waals surface area contributed by atoms with Crippen molar-refractivity contribution in [2.75, 3.05) is 6.54 Å². The van der Waals surface area contributed by atoms with Gasteiger partial charge in [0.2, 0.25) is 0 Å². The van der Waals surface area contributed by atoms with Gasteiger partial charge in [-0.3, -0.25) is 0 Å². The predicted octanol–water partition coefficient (Wildman–Crippen LogP) is 3.26. The maximum absolute atomic E-state index is 10.6. The Morgan fingerprint density at radius 1 is 1.14 bits per heavy atom. The van der Waals surface area contributed by atoms with E-state index in [1.165, 1.54) is 0 Å². The topological polar surface area (TPSA) is 41.5 Å². The van der Waals surface area contributed by atoms with E-state index >= 15 is 0 Å². The Kier molecular flexibility index (Phi) is 5.46. The summed E-state index contributed by atoms with van der Waals surface area (Å²) in [6, 6.07) is 18.2. The van der Waals surface area contributed by atoms with Crippen LogP contribution in [0.4, 0.5) is 0 Å². The highest BCUT2D eigenvalue weighted by Gasteiger charge is 2.36. The van der Waals surface area contributed by atoms with E-state index < -0.39 is 5.60 Å². The lowest BCUT2D eigenvalue weighted by Gasteiger charge is -2.22. The Hall–Kier alpha value is -1.55. The molecule has 1 fully saturated rings. The minimum atomic E-state index is -0.753. The summed E-state index contributed by atoms with van der Waals surface area (Å²) in [4.78, 5) is 0. The zero-order chi connectivity index (χ0) is 14.7. The van der Waals surface area contributed by atoms with E-state index in [4.69, 9.17) is 4.74 Å². The van der Waals surface area contributed by atoms with Gasteiger partial charge in [-0.15, -0.1) is 12.4 Å². The van der Waals surface area contributed by atoms with Gasteiger partial charge in [-0.05, 0) is 36.6 Å². The number of nitrogens with one attached hydrogen (secondary N) is 1. The van der Waals surface area contributed by atoms with Gasteiger partial charge in [0.1, 0.15) is 18.0 Å². The highest BCUT2D eigenvalue weighted by molar-refractivity contribution is 5.85. The quantitative estimate of drug-likeness (QED) is 0.909. The molecule has 118 valence electrons. The fraction of sp³-hybridized carbons (Fsp3) is 0.333. The molecule has 0 aliphatic carbocycles. The van der Waals surface area contributed by atoms with E-state index in [1.807, 2.05) is 54.6 Å². The molecule has 1 saturated heterocycles. The van der Waals surface area contributed by atoms with Crippen molar-refractivity contribution < 1.29 is 9.84 Å². The molecule has 1 heterocycles. The van der Waals surface area contributed by atoms with Crippen molar-refractivity contribution in [3.8, 4) is 5.75 Å². The van der Waals surface area contributed by atoms with Crippen molar-refractivity contribution in [3.63, 3.8) is 0 Å². The van der Waals surface area contributed by atoms with Crippen LogP contribution in [0.3, 0.4) is 0 Å². The van der Waals surface area contributed by atoms with E-state index in [-0.39, 0.29) is 12.4 Å². The summed E-state index contributed by atoms with van der Waals surface area (Å²) in [5, 5.41) is 13.9. The van der Waals surface area contributed by atoms with Gasteiger partial charge < -0.3 is 15.2 Å². The van der Waals surface area contributed by atoms with Crippen LogP contribution in [-0.2, 0) is 12.2 Å². The molecule has 2 aromatic carbocycles. The molecule has 2 atom stereocenters. The number of halogens is 1. The zero-order valence-electron chi connectivity index (χ0n) is 12.7. The second-order valence-corrected chi connectivity index (χ2v) is 5.82. The van der Waals surface area contributed by atoms with Crippen molar-refractivity contribution in [1.82, 2.24) is 5.32 Å². The average Bonchev–Trinajstić information content (AvgIpc) is 2.87. The van der Waals surface area contributed by atoms with Gasteiger partial charge >= 0.3 is 0 Å². The Balaban J connectivity index is 0.00000176. The maximum atomic E-state index is 10.6. The van der Waals surface area contributed by atoms with Gasteiger partial charge in [0.15, 0.2) is 0 Å². The highest BCUT2D eigenvalue weighted by atomic mass is 35.5. The smallest absolute Gasteiger partial charge is 0.119 e. The van der Waals surface area contributed by atoms with Gasteiger partial charge in [-0.1, -0.05) is 42.5 Å². The summed E-state index contributed by atoms with van der Waals surface area (Å²) >= 11 is 0. The molecule has 0 bridgehead atoms. The number of hydrogen-bond donors (Lipinski definition) is 2. The van der Waals surface area contributed by atoms with Gasteiger partial charge in [0.25, 0.3) is 0 Å². The fourth-order valence-electron chi connectivity index (χ4n) is 2.82. The Morgan fingerprint density at radius 3 is 2.41 bits per heavy atom. The number of rotatable bonds is 4. The van der Waals surface area contributed by atoms with Crippen LogP contribution in [0.5, 0.6) is 5.75 Å². The second kappa shape index (κ2) is 7.14. The molecule has 4 heteroatoms. The van der Waals surface area contributed by atoms with Crippen LogP contribution in [0.25, 0.3) is 0 Å². The van der Waals surface area contributed by atoms with Crippen LogP contribution in [-0.4, -0.2) is 17.7 Å². The molecule has 0 amide bonds. The lowest BCUT2D eigenvalue weighted by atomic mass is 9.91. The molecule has 3 rings (SSSR count). The van der Waals surface area contributed by atoms with Gasteiger partial charge in [-0.2, -0.15) is 0 Å². The molecule has 1 aliphatic heterocycles. The number of β-amino-alcohol motifs (C(OH)–C–C–N with tert-alkyl or cyclic N) is 1. The second-order valence-electron chi connectivity index (χ2n) is 5.82. The summed E-state index contributed by atoms with van der Waals surface area (Å²) in [5.41, 5.74) is 1.35. The average molecular weight is 320 g/mol. The predicted molar refractivity (Wildman–Crippen MR) is 90.4 cm³/mol. The Labute approximate surface area is 137 Å². The van der Waals surface area contributed by atoms with Crippen LogP contribution in [0.2, 0.25) is 0 Å². The lowest BCUT2D eigenvalue weighted by Crippen LogP contribution is -2.28. The van der Waals surface area contributed by atoms with E-state index in [9.17, 15) is 5.11 Å². The molecule has 0 saturated carbocycles. The number of hydrogen-bond acceptors (Lipinski definition) is 3. The first kappa shape index (κ1) is 16.8. The SMILES string of the molecule is CC1CC(O)(c2ccc(OCc3ccccc3)cc2)CN1.Cl. The number of aliphatic hydroxyl groups is 1. The Bertz CT molecular complexity index is 588. The van der Waals surface area contributed by atoms with E-state index in [1.54, 1.807) is 0 Å². The van der Waals surface area contributed by atoms with Gasteiger partial charge in [0.05, 0.1) is 0 Å². The molecule has 0 aromatic heterocycles. The largest absolute Gasteiger partial charge is 0.489 e. The van der Waals surface area contributed by atoms with Crippen LogP contribution in [0, 0.1) is 0 Å². The van der Waals surface area contributed by atoms with Crippen molar-refractivity contribution in [3.05, 3.63) is 65.7 Å². The summed E-state index contributed by atoms with van der Waals surface area (Å²) in [6.07, 6.45) is 0.747. The molecular formula is C18H22ClNO2. The van der Waals surface area contributed by atoms with Crippen LogP contribution < -0.4 is 10.1 Å². The number of benzene rings is 2. The summed E-state index contributed by atoms with van der Waals surface area (Å²) in [6.45, 7) is 3.26. The van der Waals surface area contributed by atoms with Crippen molar-refractivity contribution in [2.45, 2.75) is 31.6 Å². The third kappa shape index (κ3) is 3.80. The molecule has 2 aromatic rings. The minimum absolute atomic E-state index is 0. The maximum Gasteiger partial charge on any atom is 0.119 e. The molecular weight excluding hydrogens is 298 g/mol. The number of ether oxygens (including phenoxy) is 1. The fourth-order valence-corrected chi connectivity index (χ4v) is 2.82. The van der Waals surface area contributed by atoms with Gasteiger partial charge in [-0.25, -0.2) is 0 Å². The molecule has 2 unspecified atom stereocenters. The molecule has 3 nitrogen and oxygen atoms in total.